The summed E-state index contributed by atoms with van der Waals surface area (Å²) in [5.74, 6) is 1.21. The molecular formula is C13H13ClN4O. The van der Waals surface area contributed by atoms with Gasteiger partial charge in [-0.05, 0) is 6.07 Å². The summed E-state index contributed by atoms with van der Waals surface area (Å²) in [6.07, 6.45) is 0. The molecule has 98 valence electrons. The van der Waals surface area contributed by atoms with Gasteiger partial charge in [0.1, 0.15) is 0 Å². The Balaban J connectivity index is 1.70. The highest BCUT2D eigenvalue weighted by atomic mass is 35.5. The van der Waals surface area contributed by atoms with E-state index in [-0.39, 0.29) is 0 Å². The topological polar surface area (TPSA) is 66.7 Å². The van der Waals surface area contributed by atoms with E-state index in [1.807, 2.05) is 24.3 Å². The first kappa shape index (κ1) is 12.2. The van der Waals surface area contributed by atoms with E-state index in [4.69, 9.17) is 16.1 Å². The Bertz CT molecular complexity index is 704. The summed E-state index contributed by atoms with van der Waals surface area (Å²) in [7, 11) is 0. The third-order valence-electron chi connectivity index (χ3n) is 2.87. The number of hydrogen-bond donors (Lipinski definition) is 2. The van der Waals surface area contributed by atoms with Gasteiger partial charge in [-0.15, -0.1) is 0 Å². The third-order valence-corrected chi connectivity index (χ3v) is 3.30. The predicted molar refractivity (Wildman–Crippen MR) is 72.9 cm³/mol. The quantitative estimate of drug-likeness (QED) is 0.769. The van der Waals surface area contributed by atoms with E-state index in [1.54, 1.807) is 6.92 Å². The molecule has 3 aromatic rings. The van der Waals surface area contributed by atoms with Crippen LogP contribution in [-0.2, 0) is 13.1 Å². The van der Waals surface area contributed by atoms with Gasteiger partial charge >= 0.3 is 0 Å². The number of rotatable bonds is 4. The predicted octanol–water partition coefficient (Wildman–Crippen LogP) is 2.80. The smallest absolute Gasteiger partial charge is 0.223 e. The van der Waals surface area contributed by atoms with Crippen molar-refractivity contribution in [2.75, 3.05) is 0 Å². The molecule has 0 aliphatic rings. The van der Waals surface area contributed by atoms with Gasteiger partial charge in [-0.2, -0.15) is 4.98 Å². The van der Waals surface area contributed by atoms with E-state index in [9.17, 15) is 0 Å². The van der Waals surface area contributed by atoms with Crippen molar-refractivity contribution < 1.29 is 4.52 Å². The molecule has 0 spiro atoms. The molecule has 2 N–H and O–H groups in total. The van der Waals surface area contributed by atoms with Gasteiger partial charge in [0.25, 0.3) is 0 Å². The summed E-state index contributed by atoms with van der Waals surface area (Å²) >= 11 is 6.32. The van der Waals surface area contributed by atoms with E-state index in [0.29, 0.717) is 24.8 Å². The molecule has 0 saturated carbocycles. The Morgan fingerprint density at radius 1 is 1.32 bits per heavy atom. The Hall–Kier alpha value is -1.85. The molecular weight excluding hydrogens is 264 g/mol. The van der Waals surface area contributed by atoms with E-state index < -0.39 is 0 Å². The zero-order valence-corrected chi connectivity index (χ0v) is 11.2. The van der Waals surface area contributed by atoms with Crippen LogP contribution >= 0.6 is 11.6 Å². The van der Waals surface area contributed by atoms with Gasteiger partial charge in [0.15, 0.2) is 5.82 Å². The minimum Gasteiger partial charge on any atom is -0.356 e. The fourth-order valence-electron chi connectivity index (χ4n) is 2.00. The molecule has 2 heterocycles. The highest BCUT2D eigenvalue weighted by Gasteiger charge is 2.09. The minimum atomic E-state index is 0.545. The Morgan fingerprint density at radius 3 is 2.89 bits per heavy atom. The number of nitrogens with zero attached hydrogens (tertiary/aromatic N) is 2. The summed E-state index contributed by atoms with van der Waals surface area (Å²) < 4.78 is 4.90. The summed E-state index contributed by atoms with van der Waals surface area (Å²) in [5, 5.41) is 8.85. The van der Waals surface area contributed by atoms with Crippen LogP contribution in [0.3, 0.4) is 0 Å². The number of fused-ring (bicyclic) bond motifs is 1. The molecule has 0 unspecified atom stereocenters. The maximum Gasteiger partial charge on any atom is 0.223 e. The number of hydrogen-bond acceptors (Lipinski definition) is 4. The lowest BCUT2D eigenvalue weighted by Gasteiger charge is -2.00. The molecule has 0 fully saturated rings. The number of halogens is 1. The van der Waals surface area contributed by atoms with Gasteiger partial charge in [0.2, 0.25) is 5.89 Å². The lowest BCUT2D eigenvalue weighted by atomic mass is 10.2. The molecule has 0 atom stereocenters. The Morgan fingerprint density at radius 2 is 2.16 bits per heavy atom. The van der Waals surface area contributed by atoms with Crippen LogP contribution in [0.2, 0.25) is 5.02 Å². The maximum atomic E-state index is 6.32. The van der Waals surface area contributed by atoms with Gasteiger partial charge in [-0.1, -0.05) is 35.0 Å². The van der Waals surface area contributed by atoms with Crippen molar-refractivity contribution in [1.82, 2.24) is 20.4 Å². The van der Waals surface area contributed by atoms with Gasteiger partial charge in [-0.3, -0.25) is 0 Å². The highest BCUT2D eigenvalue weighted by Crippen LogP contribution is 2.26. The number of H-pyrrole nitrogens is 1. The molecule has 0 radical (unpaired) electrons. The van der Waals surface area contributed by atoms with Crippen molar-refractivity contribution in [1.29, 1.82) is 0 Å². The van der Waals surface area contributed by atoms with Gasteiger partial charge < -0.3 is 14.8 Å². The van der Waals surface area contributed by atoms with Gasteiger partial charge in [-0.25, -0.2) is 0 Å². The fourth-order valence-corrected chi connectivity index (χ4v) is 2.28. The molecule has 0 amide bonds. The van der Waals surface area contributed by atoms with Crippen LogP contribution in [0.5, 0.6) is 0 Å². The van der Waals surface area contributed by atoms with Crippen LogP contribution in [0.15, 0.2) is 28.8 Å². The molecule has 0 aliphatic heterocycles. The van der Waals surface area contributed by atoms with Crippen LogP contribution in [0.25, 0.3) is 10.9 Å². The zero-order chi connectivity index (χ0) is 13.2. The largest absolute Gasteiger partial charge is 0.356 e. The van der Waals surface area contributed by atoms with Crippen molar-refractivity contribution in [3.05, 3.63) is 46.7 Å². The van der Waals surface area contributed by atoms with Gasteiger partial charge in [0.05, 0.1) is 11.6 Å². The van der Waals surface area contributed by atoms with Crippen LogP contribution in [0.4, 0.5) is 0 Å². The zero-order valence-electron chi connectivity index (χ0n) is 10.4. The molecule has 0 saturated heterocycles. The minimum absolute atomic E-state index is 0.545. The summed E-state index contributed by atoms with van der Waals surface area (Å²) in [4.78, 5) is 7.42. The number of para-hydroxylation sites is 1. The first-order valence-corrected chi connectivity index (χ1v) is 6.37. The molecule has 0 aliphatic carbocycles. The first-order valence-electron chi connectivity index (χ1n) is 5.99. The normalized spacial score (nSPS) is 11.3. The number of aromatic nitrogens is 3. The maximum absolute atomic E-state index is 6.32. The number of aromatic amines is 1. The van der Waals surface area contributed by atoms with E-state index >= 15 is 0 Å². The molecule has 2 aromatic heterocycles. The van der Waals surface area contributed by atoms with Crippen LogP contribution in [0, 0.1) is 6.92 Å². The second kappa shape index (κ2) is 5.03. The summed E-state index contributed by atoms with van der Waals surface area (Å²) in [5.41, 5.74) is 2.00. The first-order chi connectivity index (χ1) is 9.24. The summed E-state index contributed by atoms with van der Waals surface area (Å²) in [6, 6.07) is 7.96. The second-order valence-electron chi connectivity index (χ2n) is 4.30. The highest BCUT2D eigenvalue weighted by molar-refractivity contribution is 6.36. The standard InChI is InChI=1S/C13H13ClN4O/c1-8-16-12(18-19-8)7-15-6-11-13(14)9-4-2-3-5-10(9)17-11/h2-5,15,17H,6-7H2,1H3. The molecule has 5 nitrogen and oxygen atoms in total. The van der Waals surface area contributed by atoms with Crippen molar-refractivity contribution in [3.63, 3.8) is 0 Å². The van der Waals surface area contributed by atoms with Gasteiger partial charge in [0, 0.05) is 30.1 Å². The van der Waals surface area contributed by atoms with Crippen molar-refractivity contribution in [2.45, 2.75) is 20.0 Å². The number of nitrogens with one attached hydrogen (secondary N) is 2. The molecule has 1 aromatic carbocycles. The Labute approximate surface area is 115 Å². The van der Waals surface area contributed by atoms with Crippen molar-refractivity contribution in [3.8, 4) is 0 Å². The average molecular weight is 277 g/mol. The van der Waals surface area contributed by atoms with Crippen molar-refractivity contribution in [2.24, 2.45) is 0 Å². The SMILES string of the molecule is Cc1nc(CNCc2[nH]c3ccccc3c2Cl)no1. The Kier molecular flexibility index (Phi) is 3.23. The fraction of sp³-hybridized carbons (Fsp3) is 0.231. The number of benzene rings is 1. The lowest BCUT2D eigenvalue weighted by molar-refractivity contribution is 0.385. The summed E-state index contributed by atoms with van der Waals surface area (Å²) in [6.45, 7) is 2.94. The molecule has 19 heavy (non-hydrogen) atoms. The van der Waals surface area contributed by atoms with E-state index in [1.165, 1.54) is 0 Å². The van der Waals surface area contributed by atoms with Crippen molar-refractivity contribution >= 4 is 22.5 Å². The number of aryl methyl sites for hydroxylation is 1. The molecule has 3 rings (SSSR count). The van der Waals surface area contributed by atoms with E-state index in [0.717, 1.165) is 21.6 Å². The monoisotopic (exact) mass is 276 g/mol. The lowest BCUT2D eigenvalue weighted by Crippen LogP contribution is -2.14. The molecule has 0 bridgehead atoms. The molecule has 6 heteroatoms. The third kappa shape index (κ3) is 2.47. The van der Waals surface area contributed by atoms with Crippen LogP contribution in [0.1, 0.15) is 17.4 Å². The van der Waals surface area contributed by atoms with E-state index in [2.05, 4.69) is 20.4 Å². The second-order valence-corrected chi connectivity index (χ2v) is 4.67. The average Bonchev–Trinajstić information content (AvgIpc) is 2.96. The van der Waals surface area contributed by atoms with Crippen LogP contribution in [-0.4, -0.2) is 15.1 Å². The van der Waals surface area contributed by atoms with Crippen LogP contribution < -0.4 is 5.32 Å².